The van der Waals surface area contributed by atoms with Crippen LogP contribution in [0.1, 0.15) is 67.4 Å². The number of hydrazone groups is 1. The zero-order valence-corrected chi connectivity index (χ0v) is 20.7. The number of nitrogen functional groups attached to an aromatic ring is 1. The first-order valence-corrected chi connectivity index (χ1v) is 13.0. The minimum absolute atomic E-state index is 0.0936. The highest BCUT2D eigenvalue weighted by Gasteiger charge is 2.33. The number of methoxy groups -OCH3 is 1. The van der Waals surface area contributed by atoms with Gasteiger partial charge in [-0.1, -0.05) is 73.5 Å². The molecule has 1 unspecified atom stereocenters. The number of amides is 1. The highest BCUT2D eigenvalue weighted by Crippen LogP contribution is 2.35. The van der Waals surface area contributed by atoms with Gasteiger partial charge in [0.05, 0.1) is 24.6 Å². The van der Waals surface area contributed by atoms with Gasteiger partial charge in [-0.3, -0.25) is 4.79 Å². The van der Waals surface area contributed by atoms with Gasteiger partial charge in [0.25, 0.3) is 5.91 Å². The second-order valence-corrected chi connectivity index (χ2v) is 9.92. The van der Waals surface area contributed by atoms with Crippen LogP contribution in [0.5, 0.6) is 5.75 Å². The highest BCUT2D eigenvalue weighted by molar-refractivity contribution is 7.99. The molecule has 1 atom stereocenters. The second kappa shape index (κ2) is 10.5. The van der Waals surface area contributed by atoms with Crippen molar-refractivity contribution < 1.29 is 9.53 Å². The third-order valence-corrected chi connectivity index (χ3v) is 7.69. The Morgan fingerprint density at radius 1 is 1.06 bits per heavy atom. The molecule has 1 fully saturated rings. The van der Waals surface area contributed by atoms with Crippen LogP contribution >= 0.6 is 11.8 Å². The number of benzene rings is 2. The van der Waals surface area contributed by atoms with Crippen LogP contribution in [0.2, 0.25) is 0 Å². The van der Waals surface area contributed by atoms with Gasteiger partial charge in [-0.05, 0) is 36.1 Å². The molecule has 2 heterocycles. The molecule has 9 heteroatoms. The van der Waals surface area contributed by atoms with Gasteiger partial charge < -0.3 is 10.6 Å². The Morgan fingerprint density at radius 3 is 2.51 bits per heavy atom. The molecule has 5 rings (SSSR count). The molecular formula is C26H30N6O2S. The maximum atomic E-state index is 13.4. The van der Waals surface area contributed by atoms with Crippen molar-refractivity contribution in [3.63, 3.8) is 0 Å². The molecule has 1 amide bonds. The lowest BCUT2D eigenvalue weighted by molar-refractivity contribution is -0.130. The van der Waals surface area contributed by atoms with E-state index in [-0.39, 0.29) is 17.7 Å². The van der Waals surface area contributed by atoms with Crippen LogP contribution in [0.3, 0.4) is 0 Å². The molecule has 1 saturated carbocycles. The summed E-state index contributed by atoms with van der Waals surface area (Å²) < 4.78 is 6.87. The molecule has 0 saturated heterocycles. The maximum absolute atomic E-state index is 13.4. The van der Waals surface area contributed by atoms with Crippen molar-refractivity contribution in [3.8, 4) is 5.75 Å². The zero-order chi connectivity index (χ0) is 24.2. The van der Waals surface area contributed by atoms with Crippen molar-refractivity contribution in [2.45, 2.75) is 55.6 Å². The molecule has 0 radical (unpaired) electrons. The van der Waals surface area contributed by atoms with E-state index in [9.17, 15) is 4.79 Å². The average molecular weight is 491 g/mol. The van der Waals surface area contributed by atoms with E-state index in [0.29, 0.717) is 17.5 Å². The van der Waals surface area contributed by atoms with Crippen LogP contribution < -0.4 is 10.6 Å². The average Bonchev–Trinajstić information content (AvgIpc) is 3.52. The summed E-state index contributed by atoms with van der Waals surface area (Å²) in [6.07, 6.45) is 6.48. The fraction of sp³-hybridized carbons (Fsp3) is 0.385. The third-order valence-electron chi connectivity index (χ3n) is 6.76. The van der Waals surface area contributed by atoms with Crippen LogP contribution in [0.15, 0.2) is 64.9 Å². The SMILES string of the molecule is COc1ccc(C2CC(c3ccccc3)=NN2C(=O)CSc2nnc(C3CCCCC3)n2N)cc1. The first-order chi connectivity index (χ1) is 17.1. The Hall–Kier alpha value is -3.33. The molecule has 3 aromatic rings. The van der Waals surface area contributed by atoms with E-state index in [1.165, 1.54) is 31.0 Å². The normalized spacial score (nSPS) is 18.5. The van der Waals surface area contributed by atoms with Crippen LogP contribution in [-0.4, -0.2) is 44.4 Å². The first kappa shape index (κ1) is 23.4. The van der Waals surface area contributed by atoms with Crippen molar-refractivity contribution >= 4 is 23.4 Å². The van der Waals surface area contributed by atoms with Gasteiger partial charge in [0.2, 0.25) is 5.16 Å². The Morgan fingerprint density at radius 2 is 1.80 bits per heavy atom. The number of thioether (sulfide) groups is 1. The van der Waals surface area contributed by atoms with Crippen LogP contribution in [0.25, 0.3) is 0 Å². The summed E-state index contributed by atoms with van der Waals surface area (Å²) >= 11 is 1.31. The second-order valence-electron chi connectivity index (χ2n) is 8.98. The van der Waals surface area contributed by atoms with Crippen LogP contribution in [-0.2, 0) is 4.79 Å². The zero-order valence-electron chi connectivity index (χ0n) is 19.8. The number of rotatable bonds is 7. The molecule has 2 aliphatic rings. The van der Waals surface area contributed by atoms with E-state index in [2.05, 4.69) is 10.2 Å². The van der Waals surface area contributed by atoms with Crippen molar-refractivity contribution in [2.24, 2.45) is 5.10 Å². The number of carbonyl (C=O) groups excluding carboxylic acids is 1. The molecule has 35 heavy (non-hydrogen) atoms. The predicted octanol–water partition coefficient (Wildman–Crippen LogP) is 4.52. The Labute approximate surface area is 209 Å². The lowest BCUT2D eigenvalue weighted by Gasteiger charge is -2.22. The standard InChI is InChI=1S/C26H30N6O2S/c1-34-21-14-12-19(13-15-21)23-16-22(18-8-4-2-5-9-18)30-32(23)24(33)17-35-26-29-28-25(31(26)27)20-10-6-3-7-11-20/h2,4-5,8-9,12-15,20,23H,3,6-7,10-11,16-17,27H2,1H3. The molecule has 2 N–H and O–H groups in total. The van der Waals surface area contributed by atoms with Gasteiger partial charge in [0.1, 0.15) is 5.75 Å². The monoisotopic (exact) mass is 490 g/mol. The summed E-state index contributed by atoms with van der Waals surface area (Å²) in [5.74, 6) is 8.36. The van der Waals surface area contributed by atoms with E-state index in [4.69, 9.17) is 15.7 Å². The molecule has 1 aliphatic heterocycles. The molecule has 1 aromatic heterocycles. The van der Waals surface area contributed by atoms with E-state index in [1.807, 2.05) is 54.6 Å². The van der Waals surface area contributed by atoms with Gasteiger partial charge >= 0.3 is 0 Å². The molecular weight excluding hydrogens is 460 g/mol. The quantitative estimate of drug-likeness (QED) is 0.386. The molecule has 182 valence electrons. The Balaban J connectivity index is 1.33. The third kappa shape index (κ3) is 5.05. The fourth-order valence-electron chi connectivity index (χ4n) is 4.85. The summed E-state index contributed by atoms with van der Waals surface area (Å²) in [4.78, 5) is 13.4. The fourth-order valence-corrected chi connectivity index (χ4v) is 5.57. The number of ether oxygens (including phenoxy) is 1. The molecule has 0 bridgehead atoms. The number of aromatic nitrogens is 3. The van der Waals surface area contributed by atoms with Crippen molar-refractivity contribution in [1.82, 2.24) is 19.9 Å². The topological polar surface area (TPSA) is 98.6 Å². The van der Waals surface area contributed by atoms with Gasteiger partial charge in [-0.15, -0.1) is 10.2 Å². The van der Waals surface area contributed by atoms with Crippen molar-refractivity contribution in [3.05, 3.63) is 71.5 Å². The lowest BCUT2D eigenvalue weighted by Crippen LogP contribution is -2.29. The van der Waals surface area contributed by atoms with Crippen LogP contribution in [0.4, 0.5) is 0 Å². The molecule has 2 aromatic carbocycles. The van der Waals surface area contributed by atoms with Gasteiger partial charge in [0.15, 0.2) is 5.82 Å². The summed E-state index contributed by atoms with van der Waals surface area (Å²) in [5, 5.41) is 15.5. The summed E-state index contributed by atoms with van der Waals surface area (Å²) in [5.41, 5.74) is 2.93. The summed E-state index contributed by atoms with van der Waals surface area (Å²) in [7, 11) is 1.64. The maximum Gasteiger partial charge on any atom is 0.253 e. The predicted molar refractivity (Wildman–Crippen MR) is 137 cm³/mol. The number of nitrogens with two attached hydrogens (primary N) is 1. The number of hydrogen-bond acceptors (Lipinski definition) is 7. The van der Waals surface area contributed by atoms with E-state index in [1.54, 1.807) is 16.8 Å². The summed E-state index contributed by atoms with van der Waals surface area (Å²) in [6, 6.07) is 17.6. The number of carbonyl (C=O) groups is 1. The molecule has 8 nitrogen and oxygen atoms in total. The van der Waals surface area contributed by atoms with Crippen LogP contribution in [0, 0.1) is 0 Å². The van der Waals surface area contributed by atoms with E-state index in [0.717, 1.165) is 41.3 Å². The lowest BCUT2D eigenvalue weighted by atomic mass is 9.89. The largest absolute Gasteiger partial charge is 0.497 e. The Kier molecular flexibility index (Phi) is 7.03. The minimum atomic E-state index is -0.183. The van der Waals surface area contributed by atoms with E-state index < -0.39 is 0 Å². The van der Waals surface area contributed by atoms with Gasteiger partial charge in [-0.2, -0.15) is 5.10 Å². The Bertz CT molecular complexity index is 1190. The smallest absolute Gasteiger partial charge is 0.253 e. The van der Waals surface area contributed by atoms with Gasteiger partial charge in [-0.25, -0.2) is 9.69 Å². The molecule has 1 aliphatic carbocycles. The van der Waals surface area contributed by atoms with Crippen molar-refractivity contribution in [2.75, 3.05) is 18.7 Å². The first-order valence-electron chi connectivity index (χ1n) is 12.1. The van der Waals surface area contributed by atoms with E-state index >= 15 is 0 Å². The summed E-state index contributed by atoms with van der Waals surface area (Å²) in [6.45, 7) is 0. The number of nitrogens with zero attached hydrogens (tertiary/aromatic N) is 5. The number of hydrogen-bond donors (Lipinski definition) is 1. The van der Waals surface area contributed by atoms with Crippen molar-refractivity contribution in [1.29, 1.82) is 0 Å². The highest BCUT2D eigenvalue weighted by atomic mass is 32.2. The van der Waals surface area contributed by atoms with Gasteiger partial charge in [0, 0.05) is 12.3 Å². The minimum Gasteiger partial charge on any atom is -0.497 e. The molecule has 0 spiro atoms.